The zero-order valence-electron chi connectivity index (χ0n) is 11.2. The van der Waals surface area contributed by atoms with Gasteiger partial charge in [0.05, 0.1) is 5.92 Å². The largest absolute Gasteiger partial charge is 0.369 e. The maximum absolute atomic E-state index is 11.5. The molecule has 1 amide bonds. The number of primary amides is 1. The Hall–Kier alpha value is -1.35. The second kappa shape index (κ2) is 5.11. The molecular formula is C15H22N2O. The molecule has 18 heavy (non-hydrogen) atoms. The summed E-state index contributed by atoms with van der Waals surface area (Å²) in [4.78, 5) is 11.5. The molecule has 1 aromatic rings. The van der Waals surface area contributed by atoms with Crippen molar-refractivity contribution in [3.8, 4) is 0 Å². The van der Waals surface area contributed by atoms with Gasteiger partial charge in [-0.25, -0.2) is 0 Å². The molecular weight excluding hydrogens is 224 g/mol. The number of hydrogen-bond donors (Lipinski definition) is 2. The number of rotatable bonds is 4. The van der Waals surface area contributed by atoms with E-state index in [1.165, 1.54) is 11.1 Å². The van der Waals surface area contributed by atoms with E-state index < -0.39 is 0 Å². The van der Waals surface area contributed by atoms with Gasteiger partial charge in [-0.1, -0.05) is 44.5 Å². The molecule has 0 bridgehead atoms. The van der Waals surface area contributed by atoms with Crippen LogP contribution in [-0.2, 0) is 16.6 Å². The van der Waals surface area contributed by atoms with Gasteiger partial charge in [-0.15, -0.1) is 0 Å². The predicted molar refractivity (Wildman–Crippen MR) is 73.3 cm³/mol. The van der Waals surface area contributed by atoms with Crippen LogP contribution in [0.4, 0.5) is 0 Å². The summed E-state index contributed by atoms with van der Waals surface area (Å²) >= 11 is 0. The van der Waals surface area contributed by atoms with Crippen LogP contribution in [-0.4, -0.2) is 19.0 Å². The summed E-state index contributed by atoms with van der Waals surface area (Å²) in [5, 5.41) is 3.28. The smallest absolute Gasteiger partial charge is 0.222 e. The van der Waals surface area contributed by atoms with Crippen molar-refractivity contribution in [2.45, 2.75) is 32.1 Å². The van der Waals surface area contributed by atoms with Gasteiger partial charge in [-0.2, -0.15) is 0 Å². The quantitative estimate of drug-likeness (QED) is 0.848. The summed E-state index contributed by atoms with van der Waals surface area (Å²) in [5.74, 6) is -0.324. The van der Waals surface area contributed by atoms with Gasteiger partial charge in [0.25, 0.3) is 0 Å². The highest BCUT2D eigenvalue weighted by Gasteiger charge is 2.43. The Morgan fingerprint density at radius 1 is 1.44 bits per heavy atom. The highest BCUT2D eigenvalue weighted by molar-refractivity contribution is 5.79. The number of aryl methyl sites for hydroxylation is 1. The van der Waals surface area contributed by atoms with E-state index in [4.69, 9.17) is 5.73 Å². The van der Waals surface area contributed by atoms with E-state index in [1.807, 2.05) is 0 Å². The first kappa shape index (κ1) is 13.1. The fourth-order valence-corrected chi connectivity index (χ4v) is 2.88. The third-order valence-corrected chi connectivity index (χ3v) is 4.11. The van der Waals surface area contributed by atoms with Gasteiger partial charge in [-0.05, 0) is 17.5 Å². The van der Waals surface area contributed by atoms with Crippen LogP contribution in [0, 0.1) is 5.92 Å². The van der Waals surface area contributed by atoms with Crippen molar-refractivity contribution in [2.75, 3.05) is 13.1 Å². The summed E-state index contributed by atoms with van der Waals surface area (Å²) in [6.45, 7) is 5.80. The van der Waals surface area contributed by atoms with Crippen molar-refractivity contribution in [2.24, 2.45) is 11.7 Å². The summed E-state index contributed by atoms with van der Waals surface area (Å²) in [6.07, 6.45) is 2.26. The van der Waals surface area contributed by atoms with Crippen LogP contribution in [0.3, 0.4) is 0 Å². The van der Waals surface area contributed by atoms with Gasteiger partial charge in [0.2, 0.25) is 5.91 Å². The van der Waals surface area contributed by atoms with Crippen molar-refractivity contribution in [3.05, 3.63) is 35.4 Å². The number of amides is 1. The normalized spacial score (nSPS) is 27.3. The lowest BCUT2D eigenvalue weighted by atomic mass is 9.73. The number of carbonyl (C=O) groups excluding carboxylic acids is 1. The van der Waals surface area contributed by atoms with Gasteiger partial charge in [-0.3, -0.25) is 4.79 Å². The Morgan fingerprint density at radius 3 is 2.67 bits per heavy atom. The SMILES string of the molecule is CCCc1ccc(C2(C)CNCC2C(N)=O)cc1. The molecule has 1 aliphatic rings. The van der Waals surface area contributed by atoms with Crippen molar-refractivity contribution >= 4 is 5.91 Å². The second-order valence-corrected chi connectivity index (χ2v) is 5.45. The molecule has 1 heterocycles. The molecule has 0 aliphatic carbocycles. The monoisotopic (exact) mass is 246 g/mol. The number of benzene rings is 1. The molecule has 2 unspecified atom stereocenters. The predicted octanol–water partition coefficient (Wildman–Crippen LogP) is 1.60. The fourth-order valence-electron chi connectivity index (χ4n) is 2.88. The molecule has 0 saturated carbocycles. The molecule has 1 saturated heterocycles. The Balaban J connectivity index is 2.26. The van der Waals surface area contributed by atoms with Gasteiger partial charge in [0.15, 0.2) is 0 Å². The number of nitrogens with one attached hydrogen (secondary N) is 1. The lowest BCUT2D eigenvalue weighted by Gasteiger charge is -2.29. The van der Waals surface area contributed by atoms with Crippen LogP contribution in [0.15, 0.2) is 24.3 Å². The highest BCUT2D eigenvalue weighted by Crippen LogP contribution is 2.35. The van der Waals surface area contributed by atoms with Crippen LogP contribution < -0.4 is 11.1 Å². The summed E-state index contributed by atoms with van der Waals surface area (Å²) in [5.41, 5.74) is 7.90. The molecule has 2 atom stereocenters. The molecule has 3 nitrogen and oxygen atoms in total. The first-order valence-electron chi connectivity index (χ1n) is 6.67. The number of carbonyl (C=O) groups is 1. The van der Waals surface area contributed by atoms with Crippen LogP contribution in [0.1, 0.15) is 31.4 Å². The van der Waals surface area contributed by atoms with Crippen LogP contribution in [0.25, 0.3) is 0 Å². The number of nitrogens with two attached hydrogens (primary N) is 1. The minimum atomic E-state index is -0.208. The van der Waals surface area contributed by atoms with Crippen molar-refractivity contribution in [1.82, 2.24) is 5.32 Å². The van der Waals surface area contributed by atoms with Crippen LogP contribution in [0.5, 0.6) is 0 Å². The minimum Gasteiger partial charge on any atom is -0.369 e. The van der Waals surface area contributed by atoms with Gasteiger partial charge < -0.3 is 11.1 Å². The summed E-state index contributed by atoms with van der Waals surface area (Å²) < 4.78 is 0. The maximum Gasteiger partial charge on any atom is 0.222 e. The summed E-state index contributed by atoms with van der Waals surface area (Å²) in [6, 6.07) is 8.63. The summed E-state index contributed by atoms with van der Waals surface area (Å²) in [7, 11) is 0. The highest BCUT2D eigenvalue weighted by atomic mass is 16.1. The van der Waals surface area contributed by atoms with E-state index in [0.29, 0.717) is 6.54 Å². The van der Waals surface area contributed by atoms with E-state index in [1.54, 1.807) is 0 Å². The minimum absolute atomic E-state index is 0.116. The second-order valence-electron chi connectivity index (χ2n) is 5.45. The molecule has 1 aromatic carbocycles. The van der Waals surface area contributed by atoms with Crippen molar-refractivity contribution < 1.29 is 4.79 Å². The molecule has 98 valence electrons. The molecule has 0 spiro atoms. The third kappa shape index (κ3) is 2.27. The fraction of sp³-hybridized carbons (Fsp3) is 0.533. The van der Waals surface area contributed by atoms with Crippen LogP contribution in [0.2, 0.25) is 0 Å². The van der Waals surface area contributed by atoms with Gasteiger partial charge >= 0.3 is 0 Å². The average molecular weight is 246 g/mol. The third-order valence-electron chi connectivity index (χ3n) is 4.11. The first-order chi connectivity index (χ1) is 8.58. The molecule has 0 radical (unpaired) electrons. The van der Waals surface area contributed by atoms with E-state index in [9.17, 15) is 4.79 Å². The van der Waals surface area contributed by atoms with E-state index in [-0.39, 0.29) is 17.2 Å². The molecule has 0 aromatic heterocycles. The van der Waals surface area contributed by atoms with Gasteiger partial charge in [0.1, 0.15) is 0 Å². The average Bonchev–Trinajstić information content (AvgIpc) is 2.74. The number of hydrogen-bond acceptors (Lipinski definition) is 2. The van der Waals surface area contributed by atoms with E-state index >= 15 is 0 Å². The first-order valence-corrected chi connectivity index (χ1v) is 6.67. The van der Waals surface area contributed by atoms with Crippen molar-refractivity contribution in [1.29, 1.82) is 0 Å². The van der Waals surface area contributed by atoms with E-state index in [0.717, 1.165) is 19.4 Å². The lowest BCUT2D eigenvalue weighted by Crippen LogP contribution is -2.39. The maximum atomic E-state index is 11.5. The van der Waals surface area contributed by atoms with Gasteiger partial charge in [0, 0.05) is 18.5 Å². The molecule has 2 rings (SSSR count). The van der Waals surface area contributed by atoms with Crippen LogP contribution >= 0.6 is 0 Å². The zero-order valence-corrected chi connectivity index (χ0v) is 11.2. The molecule has 3 N–H and O–H groups in total. The Kier molecular flexibility index (Phi) is 3.71. The molecule has 3 heteroatoms. The molecule has 1 aliphatic heterocycles. The standard InChI is InChI=1S/C15H22N2O/c1-3-4-11-5-7-12(8-6-11)15(2)10-17-9-13(15)14(16)18/h5-8,13,17H,3-4,9-10H2,1-2H3,(H2,16,18). The Bertz CT molecular complexity index is 427. The van der Waals surface area contributed by atoms with Crippen molar-refractivity contribution in [3.63, 3.8) is 0 Å². The molecule has 1 fully saturated rings. The lowest BCUT2D eigenvalue weighted by molar-refractivity contribution is -0.122. The Labute approximate surface area is 109 Å². The zero-order chi connectivity index (χ0) is 13.2. The topological polar surface area (TPSA) is 55.1 Å². The van der Waals surface area contributed by atoms with E-state index in [2.05, 4.69) is 43.4 Å². The Morgan fingerprint density at radius 2 is 2.11 bits per heavy atom.